The van der Waals surface area contributed by atoms with Crippen molar-refractivity contribution in [3.05, 3.63) is 48.3 Å². The highest BCUT2D eigenvalue weighted by molar-refractivity contribution is 5.21. The van der Waals surface area contributed by atoms with E-state index in [1.807, 2.05) is 0 Å². The Labute approximate surface area is 200 Å². The minimum Gasteiger partial charge on any atom is -0.352 e. The van der Waals surface area contributed by atoms with E-state index in [0.717, 1.165) is 0 Å². The van der Waals surface area contributed by atoms with Gasteiger partial charge in [-0.15, -0.1) is 0 Å². The van der Waals surface area contributed by atoms with Crippen LogP contribution < -0.4 is 0 Å². The first-order valence-corrected chi connectivity index (χ1v) is 14.1. The zero-order valence-electron chi connectivity index (χ0n) is 21.4. The highest BCUT2D eigenvalue weighted by atomic mass is 15.4. The molecule has 32 heavy (non-hydrogen) atoms. The van der Waals surface area contributed by atoms with Crippen LogP contribution in [-0.4, -0.2) is 22.9 Å². The van der Waals surface area contributed by atoms with Gasteiger partial charge in [-0.05, 0) is 18.4 Å². The first-order valence-electron chi connectivity index (χ1n) is 14.1. The van der Waals surface area contributed by atoms with Crippen LogP contribution in [0.2, 0.25) is 0 Å². The quantitative estimate of drug-likeness (QED) is 0.186. The Bertz CT molecular complexity index is 567. The van der Waals surface area contributed by atoms with Gasteiger partial charge < -0.3 is 9.80 Å². The van der Waals surface area contributed by atoms with Crippen molar-refractivity contribution in [2.45, 2.75) is 129 Å². The predicted molar refractivity (Wildman–Crippen MR) is 142 cm³/mol. The van der Waals surface area contributed by atoms with Crippen LogP contribution in [-0.2, 0) is 0 Å². The van der Waals surface area contributed by atoms with Crippen molar-refractivity contribution in [3.63, 3.8) is 0 Å². The minimum absolute atomic E-state index is 0.398. The molecule has 1 unspecified atom stereocenters. The van der Waals surface area contributed by atoms with Crippen molar-refractivity contribution in [2.24, 2.45) is 0 Å². The van der Waals surface area contributed by atoms with Gasteiger partial charge in [-0.25, -0.2) is 0 Å². The normalized spacial score (nSPS) is 15.8. The molecular weight excluding hydrogens is 388 g/mol. The fourth-order valence-corrected chi connectivity index (χ4v) is 4.96. The molecular formula is C30H52N2. The van der Waals surface area contributed by atoms with Crippen molar-refractivity contribution in [3.8, 4) is 0 Å². The molecule has 0 fully saturated rings. The maximum Gasteiger partial charge on any atom is 0.127 e. The summed E-state index contributed by atoms with van der Waals surface area (Å²) >= 11 is 0. The lowest BCUT2D eigenvalue weighted by Gasteiger charge is -2.33. The average Bonchev–Trinajstić information content (AvgIpc) is 3.23. The molecule has 2 rings (SSSR count). The topological polar surface area (TPSA) is 6.48 Å². The fraction of sp³-hybridized carbons (Fsp3) is 0.733. The second-order valence-electron chi connectivity index (χ2n) is 9.86. The molecule has 1 aliphatic heterocycles. The number of hydrogen-bond donors (Lipinski definition) is 0. The van der Waals surface area contributed by atoms with Crippen molar-refractivity contribution >= 4 is 0 Å². The summed E-state index contributed by atoms with van der Waals surface area (Å²) in [5, 5.41) is 0. The second-order valence-corrected chi connectivity index (χ2v) is 9.86. The Morgan fingerprint density at radius 3 is 1.28 bits per heavy atom. The van der Waals surface area contributed by atoms with Gasteiger partial charge in [-0.3, -0.25) is 0 Å². The first kappa shape index (κ1) is 26.8. The average molecular weight is 441 g/mol. The van der Waals surface area contributed by atoms with Crippen LogP contribution in [0.3, 0.4) is 0 Å². The number of nitrogens with zero attached hydrogens (tertiary/aromatic N) is 2. The van der Waals surface area contributed by atoms with Gasteiger partial charge in [-0.2, -0.15) is 0 Å². The number of rotatable bonds is 20. The fourth-order valence-electron chi connectivity index (χ4n) is 4.96. The summed E-state index contributed by atoms with van der Waals surface area (Å²) in [5.74, 6) is 0. The zero-order chi connectivity index (χ0) is 22.7. The molecule has 182 valence electrons. The maximum absolute atomic E-state index is 2.58. The van der Waals surface area contributed by atoms with Gasteiger partial charge in [-0.1, -0.05) is 140 Å². The number of benzene rings is 1. The summed E-state index contributed by atoms with van der Waals surface area (Å²) in [5.41, 5.74) is 1.44. The minimum atomic E-state index is 0.398. The summed E-state index contributed by atoms with van der Waals surface area (Å²) in [6.45, 7) is 6.95. The Morgan fingerprint density at radius 2 is 0.875 bits per heavy atom. The van der Waals surface area contributed by atoms with Crippen molar-refractivity contribution in [1.29, 1.82) is 0 Å². The van der Waals surface area contributed by atoms with E-state index in [9.17, 15) is 0 Å². The van der Waals surface area contributed by atoms with Gasteiger partial charge in [0.15, 0.2) is 0 Å². The number of unbranched alkanes of at least 4 members (excludes halogenated alkanes) is 15. The van der Waals surface area contributed by atoms with Gasteiger partial charge in [0.1, 0.15) is 6.17 Å². The lowest BCUT2D eigenvalue weighted by molar-refractivity contribution is 0.149. The van der Waals surface area contributed by atoms with Crippen LogP contribution in [0.4, 0.5) is 0 Å². The summed E-state index contributed by atoms with van der Waals surface area (Å²) in [4.78, 5) is 5.17. The van der Waals surface area contributed by atoms with Crippen LogP contribution in [0, 0.1) is 0 Å². The van der Waals surface area contributed by atoms with Gasteiger partial charge in [0.2, 0.25) is 0 Å². The third-order valence-electron chi connectivity index (χ3n) is 6.97. The van der Waals surface area contributed by atoms with Gasteiger partial charge in [0.05, 0.1) is 0 Å². The molecule has 0 radical (unpaired) electrons. The third-order valence-corrected chi connectivity index (χ3v) is 6.97. The molecule has 1 aromatic rings. The molecule has 1 aliphatic rings. The predicted octanol–water partition coefficient (Wildman–Crippen LogP) is 9.45. The Balaban J connectivity index is 1.67. The Kier molecular flexibility index (Phi) is 15.1. The SMILES string of the molecule is CCCCCCCCCCCCN1C=CN(CCCCCCCCC)C1c1ccccc1. The van der Waals surface area contributed by atoms with E-state index >= 15 is 0 Å². The van der Waals surface area contributed by atoms with Gasteiger partial charge >= 0.3 is 0 Å². The van der Waals surface area contributed by atoms with E-state index in [2.05, 4.69) is 66.4 Å². The Hall–Kier alpha value is -1.44. The molecule has 0 bridgehead atoms. The van der Waals surface area contributed by atoms with Gasteiger partial charge in [0.25, 0.3) is 0 Å². The molecule has 0 amide bonds. The highest BCUT2D eigenvalue weighted by Crippen LogP contribution is 2.31. The molecule has 0 saturated carbocycles. The molecule has 1 atom stereocenters. The van der Waals surface area contributed by atoms with E-state index in [1.165, 1.54) is 128 Å². The smallest absolute Gasteiger partial charge is 0.127 e. The molecule has 0 N–H and O–H groups in total. The van der Waals surface area contributed by atoms with Gasteiger partial charge in [0, 0.05) is 25.5 Å². The number of hydrogen-bond acceptors (Lipinski definition) is 2. The van der Waals surface area contributed by atoms with Crippen molar-refractivity contribution in [2.75, 3.05) is 13.1 Å². The lowest BCUT2D eigenvalue weighted by Crippen LogP contribution is -2.32. The molecule has 2 heteroatoms. The van der Waals surface area contributed by atoms with E-state index < -0.39 is 0 Å². The standard InChI is InChI=1S/C30H52N2/c1-3-5-7-9-11-12-13-15-17-22-26-32-28-27-31(25-21-16-14-10-8-6-4-2)30(32)29-23-19-18-20-24-29/h18-20,23-24,27-28,30H,3-17,21-22,25-26H2,1-2H3. The van der Waals surface area contributed by atoms with Crippen LogP contribution >= 0.6 is 0 Å². The zero-order valence-corrected chi connectivity index (χ0v) is 21.4. The summed E-state index contributed by atoms with van der Waals surface area (Å²) < 4.78 is 0. The van der Waals surface area contributed by atoms with E-state index in [-0.39, 0.29) is 0 Å². The van der Waals surface area contributed by atoms with Crippen molar-refractivity contribution < 1.29 is 0 Å². The largest absolute Gasteiger partial charge is 0.352 e. The highest BCUT2D eigenvalue weighted by Gasteiger charge is 2.26. The Morgan fingerprint density at radius 1 is 0.500 bits per heavy atom. The monoisotopic (exact) mass is 440 g/mol. The lowest BCUT2D eigenvalue weighted by atomic mass is 10.1. The third kappa shape index (κ3) is 10.9. The van der Waals surface area contributed by atoms with E-state index in [4.69, 9.17) is 0 Å². The molecule has 1 heterocycles. The van der Waals surface area contributed by atoms with Crippen LogP contribution in [0.1, 0.15) is 135 Å². The van der Waals surface area contributed by atoms with E-state index in [1.54, 1.807) is 0 Å². The van der Waals surface area contributed by atoms with Crippen LogP contribution in [0.15, 0.2) is 42.7 Å². The van der Waals surface area contributed by atoms with Crippen LogP contribution in [0.5, 0.6) is 0 Å². The molecule has 0 spiro atoms. The summed E-state index contributed by atoms with van der Waals surface area (Å²) in [6, 6.07) is 11.1. The van der Waals surface area contributed by atoms with E-state index in [0.29, 0.717) is 6.17 Å². The summed E-state index contributed by atoms with van der Waals surface area (Å²) in [6.07, 6.45) is 28.8. The second kappa shape index (κ2) is 18.0. The summed E-state index contributed by atoms with van der Waals surface area (Å²) in [7, 11) is 0. The molecule has 1 aromatic carbocycles. The molecule has 2 nitrogen and oxygen atoms in total. The first-order chi connectivity index (χ1) is 15.9. The van der Waals surface area contributed by atoms with Crippen molar-refractivity contribution in [1.82, 2.24) is 9.80 Å². The maximum atomic E-state index is 2.58. The molecule has 0 aliphatic carbocycles. The van der Waals surface area contributed by atoms with Crippen LogP contribution in [0.25, 0.3) is 0 Å². The molecule has 0 aromatic heterocycles. The molecule has 0 saturated heterocycles.